The van der Waals surface area contributed by atoms with Crippen LogP contribution in [0.5, 0.6) is 0 Å². The highest BCUT2D eigenvalue weighted by molar-refractivity contribution is 7.89. The van der Waals surface area contributed by atoms with Gasteiger partial charge in [0.25, 0.3) is 0 Å². The van der Waals surface area contributed by atoms with Gasteiger partial charge in [-0.3, -0.25) is 4.79 Å². The van der Waals surface area contributed by atoms with E-state index in [0.717, 1.165) is 22.1 Å². The Hall–Kier alpha value is -3.10. The summed E-state index contributed by atoms with van der Waals surface area (Å²) in [5.41, 5.74) is 1.89. The lowest BCUT2D eigenvalue weighted by Crippen LogP contribution is -2.44. The van der Waals surface area contributed by atoms with Crippen molar-refractivity contribution in [1.82, 2.24) is 4.72 Å². The smallest absolute Gasteiger partial charge is 0.322 e. The summed E-state index contributed by atoms with van der Waals surface area (Å²) in [7, 11) is -4.03. The quantitative estimate of drug-likeness (QED) is 0.489. The van der Waals surface area contributed by atoms with Gasteiger partial charge in [-0.05, 0) is 48.4 Å². The molecule has 0 aliphatic heterocycles. The molecule has 0 radical (unpaired) electrons. The second kappa shape index (κ2) is 7.06. The summed E-state index contributed by atoms with van der Waals surface area (Å²) in [6.07, 6.45) is 1.60. The molecule has 0 saturated carbocycles. The standard InChI is InChI=1S/C21H19NO6S/c1-12(2)20(21(23)24)22-29(25,26)14-6-7-15-16-10-13(17-4-3-9-27-17)5-8-18(16)28-19(15)11-14/h3-12,20,22H,1-2H3,(H,23,24). The lowest BCUT2D eigenvalue weighted by molar-refractivity contribution is -0.140. The highest BCUT2D eigenvalue weighted by Crippen LogP contribution is 2.33. The number of benzene rings is 2. The lowest BCUT2D eigenvalue weighted by atomic mass is 10.1. The van der Waals surface area contributed by atoms with Crippen molar-refractivity contribution < 1.29 is 27.2 Å². The van der Waals surface area contributed by atoms with E-state index in [-0.39, 0.29) is 4.90 Å². The Kier molecular flexibility index (Phi) is 4.68. The van der Waals surface area contributed by atoms with Crippen LogP contribution in [0.1, 0.15) is 13.8 Å². The molecule has 0 aliphatic carbocycles. The average molecular weight is 413 g/mol. The summed E-state index contributed by atoms with van der Waals surface area (Å²) in [6.45, 7) is 3.28. The van der Waals surface area contributed by atoms with Crippen LogP contribution >= 0.6 is 0 Å². The molecule has 0 saturated heterocycles. The molecule has 1 atom stereocenters. The fraction of sp³-hybridized carbons (Fsp3) is 0.190. The summed E-state index contributed by atoms with van der Waals surface area (Å²) < 4.78 is 38.9. The summed E-state index contributed by atoms with van der Waals surface area (Å²) in [6, 6.07) is 12.5. The molecule has 0 fully saturated rings. The number of aliphatic carboxylic acids is 1. The maximum absolute atomic E-state index is 12.7. The van der Waals surface area contributed by atoms with E-state index in [9.17, 15) is 18.3 Å². The van der Waals surface area contributed by atoms with E-state index < -0.39 is 28.0 Å². The van der Waals surface area contributed by atoms with Gasteiger partial charge in [0.05, 0.1) is 11.2 Å². The minimum atomic E-state index is -4.03. The van der Waals surface area contributed by atoms with Crippen LogP contribution in [-0.4, -0.2) is 25.5 Å². The number of rotatable bonds is 6. The molecule has 4 rings (SSSR count). The Morgan fingerprint density at radius 3 is 2.48 bits per heavy atom. The fourth-order valence-corrected chi connectivity index (χ4v) is 4.58. The first-order valence-corrected chi connectivity index (χ1v) is 10.5. The van der Waals surface area contributed by atoms with Gasteiger partial charge in [0.2, 0.25) is 10.0 Å². The third kappa shape index (κ3) is 3.52. The van der Waals surface area contributed by atoms with Crippen LogP contribution in [0.4, 0.5) is 0 Å². The molecule has 29 heavy (non-hydrogen) atoms. The zero-order valence-electron chi connectivity index (χ0n) is 15.7. The van der Waals surface area contributed by atoms with Gasteiger partial charge in [-0.2, -0.15) is 4.72 Å². The monoisotopic (exact) mass is 413 g/mol. The lowest BCUT2D eigenvalue weighted by Gasteiger charge is -2.17. The van der Waals surface area contributed by atoms with Crippen molar-refractivity contribution >= 4 is 37.9 Å². The number of furan rings is 2. The number of hydrogen-bond acceptors (Lipinski definition) is 5. The van der Waals surface area contributed by atoms with Crippen molar-refractivity contribution in [3.63, 3.8) is 0 Å². The predicted octanol–water partition coefficient (Wildman–Crippen LogP) is 4.23. The van der Waals surface area contributed by atoms with Crippen molar-refractivity contribution in [3.05, 3.63) is 54.8 Å². The van der Waals surface area contributed by atoms with E-state index >= 15 is 0 Å². The van der Waals surface area contributed by atoms with Crippen LogP contribution in [0.2, 0.25) is 0 Å². The van der Waals surface area contributed by atoms with Crippen LogP contribution < -0.4 is 4.72 Å². The van der Waals surface area contributed by atoms with E-state index in [1.807, 2.05) is 18.2 Å². The van der Waals surface area contributed by atoms with Crippen molar-refractivity contribution in [3.8, 4) is 11.3 Å². The molecule has 150 valence electrons. The summed E-state index contributed by atoms with van der Waals surface area (Å²) >= 11 is 0. The number of nitrogens with one attached hydrogen (secondary N) is 1. The minimum absolute atomic E-state index is 0.0535. The van der Waals surface area contributed by atoms with E-state index in [1.165, 1.54) is 12.1 Å². The van der Waals surface area contributed by atoms with Crippen molar-refractivity contribution in [2.45, 2.75) is 24.8 Å². The Bertz CT molecular complexity index is 1300. The summed E-state index contributed by atoms with van der Waals surface area (Å²) in [4.78, 5) is 11.3. The largest absolute Gasteiger partial charge is 0.480 e. The van der Waals surface area contributed by atoms with Crippen molar-refractivity contribution in [1.29, 1.82) is 0 Å². The second-order valence-electron chi connectivity index (χ2n) is 7.13. The molecule has 2 N–H and O–H groups in total. The van der Waals surface area contributed by atoms with Gasteiger partial charge >= 0.3 is 5.97 Å². The van der Waals surface area contributed by atoms with Gasteiger partial charge in [0, 0.05) is 22.4 Å². The number of carboxylic acids is 1. The zero-order valence-corrected chi connectivity index (χ0v) is 16.6. The first-order chi connectivity index (χ1) is 13.8. The second-order valence-corrected chi connectivity index (χ2v) is 8.84. The third-order valence-electron chi connectivity index (χ3n) is 4.77. The normalized spacial score (nSPS) is 13.3. The van der Waals surface area contributed by atoms with E-state index in [0.29, 0.717) is 11.2 Å². The molecule has 1 unspecified atom stereocenters. The molecule has 2 aromatic carbocycles. The maximum Gasteiger partial charge on any atom is 0.322 e. The molecule has 4 aromatic rings. The molecule has 0 spiro atoms. The van der Waals surface area contributed by atoms with Crippen molar-refractivity contribution in [2.24, 2.45) is 5.92 Å². The SMILES string of the molecule is CC(C)C(NS(=O)(=O)c1ccc2c(c1)oc1ccc(-c3ccco3)cc12)C(=O)O. The maximum atomic E-state index is 12.7. The van der Waals surface area contributed by atoms with E-state index in [4.69, 9.17) is 8.83 Å². The van der Waals surface area contributed by atoms with Gasteiger partial charge in [0.15, 0.2) is 0 Å². The number of fused-ring (bicyclic) bond motifs is 3. The zero-order chi connectivity index (χ0) is 20.8. The molecule has 2 aromatic heterocycles. The number of sulfonamides is 1. The van der Waals surface area contributed by atoms with Gasteiger partial charge in [-0.1, -0.05) is 13.8 Å². The minimum Gasteiger partial charge on any atom is -0.480 e. The number of carboxylic acid groups (broad SMARTS) is 1. The van der Waals surface area contributed by atoms with Gasteiger partial charge in [-0.25, -0.2) is 8.42 Å². The van der Waals surface area contributed by atoms with Crippen LogP contribution in [0.3, 0.4) is 0 Å². The Labute approximate surface area is 167 Å². The van der Waals surface area contributed by atoms with Crippen LogP contribution in [0.15, 0.2) is 68.5 Å². The number of hydrogen-bond donors (Lipinski definition) is 2. The Morgan fingerprint density at radius 1 is 1.03 bits per heavy atom. The molecular formula is C21H19NO6S. The van der Waals surface area contributed by atoms with E-state index in [1.54, 1.807) is 38.3 Å². The summed E-state index contributed by atoms with van der Waals surface area (Å²) in [5, 5.41) is 10.9. The van der Waals surface area contributed by atoms with Crippen LogP contribution in [0, 0.1) is 5.92 Å². The molecule has 2 heterocycles. The molecule has 0 amide bonds. The van der Waals surface area contributed by atoms with Crippen LogP contribution in [0.25, 0.3) is 33.3 Å². The third-order valence-corrected chi connectivity index (χ3v) is 6.21. The Morgan fingerprint density at radius 2 is 1.83 bits per heavy atom. The molecule has 8 heteroatoms. The highest BCUT2D eigenvalue weighted by Gasteiger charge is 2.28. The first kappa shape index (κ1) is 19.2. The highest BCUT2D eigenvalue weighted by atomic mass is 32.2. The fourth-order valence-electron chi connectivity index (χ4n) is 3.23. The van der Waals surface area contributed by atoms with E-state index in [2.05, 4.69) is 4.72 Å². The molecule has 7 nitrogen and oxygen atoms in total. The summed E-state index contributed by atoms with van der Waals surface area (Å²) in [5.74, 6) is -0.908. The predicted molar refractivity (Wildman–Crippen MR) is 108 cm³/mol. The van der Waals surface area contributed by atoms with Gasteiger partial charge < -0.3 is 13.9 Å². The first-order valence-electron chi connectivity index (χ1n) is 9.01. The van der Waals surface area contributed by atoms with Gasteiger partial charge in [0.1, 0.15) is 23.0 Å². The molecule has 0 bridgehead atoms. The number of carbonyl (C=O) groups is 1. The van der Waals surface area contributed by atoms with Crippen molar-refractivity contribution in [2.75, 3.05) is 0 Å². The molecular weight excluding hydrogens is 394 g/mol. The Balaban J connectivity index is 1.76. The van der Waals surface area contributed by atoms with Crippen LogP contribution in [-0.2, 0) is 14.8 Å². The topological polar surface area (TPSA) is 110 Å². The molecule has 0 aliphatic rings. The average Bonchev–Trinajstić information content (AvgIpc) is 3.32. The van der Waals surface area contributed by atoms with Gasteiger partial charge in [-0.15, -0.1) is 0 Å².